The zero-order valence-corrected chi connectivity index (χ0v) is 6.13. The highest BCUT2D eigenvalue weighted by Crippen LogP contribution is 1.85. The smallest absolute Gasteiger partial charge is 0.220 e. The average Bonchev–Trinajstić information content (AvgIpc) is 1.97. The molecule has 0 aliphatic carbocycles. The molecular weight excluding hydrogens is 148 g/mol. The SMILES string of the molecule is NC(=O)CCC(=O)NCC[O]. The first-order chi connectivity index (χ1) is 5.16. The average molecular weight is 159 g/mol. The van der Waals surface area contributed by atoms with Gasteiger partial charge in [0.05, 0.1) is 6.61 Å². The third-order valence-corrected chi connectivity index (χ3v) is 1.02. The first kappa shape index (κ1) is 9.90. The second-order valence-corrected chi connectivity index (χ2v) is 2.02. The minimum Gasteiger partial charge on any atom is -0.370 e. The van der Waals surface area contributed by atoms with Gasteiger partial charge in [0.1, 0.15) is 0 Å². The molecule has 0 atom stereocenters. The van der Waals surface area contributed by atoms with Gasteiger partial charge in [-0.3, -0.25) is 9.59 Å². The largest absolute Gasteiger partial charge is 0.370 e. The highest BCUT2D eigenvalue weighted by molar-refractivity contribution is 5.82. The van der Waals surface area contributed by atoms with Crippen LogP contribution in [0.5, 0.6) is 0 Å². The molecule has 0 aromatic carbocycles. The number of primary amides is 1. The summed E-state index contributed by atoms with van der Waals surface area (Å²) in [5.74, 6) is -0.818. The van der Waals surface area contributed by atoms with Crippen LogP contribution in [-0.2, 0) is 14.7 Å². The van der Waals surface area contributed by atoms with Crippen LogP contribution >= 0.6 is 0 Å². The molecule has 5 nitrogen and oxygen atoms in total. The van der Waals surface area contributed by atoms with E-state index in [0.717, 1.165) is 0 Å². The van der Waals surface area contributed by atoms with Crippen molar-refractivity contribution in [3.05, 3.63) is 0 Å². The quantitative estimate of drug-likeness (QED) is 0.527. The Kier molecular flexibility index (Phi) is 5.10. The van der Waals surface area contributed by atoms with E-state index in [2.05, 4.69) is 5.32 Å². The monoisotopic (exact) mass is 159 g/mol. The van der Waals surface area contributed by atoms with E-state index in [9.17, 15) is 14.7 Å². The molecule has 2 amide bonds. The summed E-state index contributed by atoms with van der Waals surface area (Å²) in [4.78, 5) is 20.8. The molecule has 0 fully saturated rings. The molecule has 11 heavy (non-hydrogen) atoms. The fourth-order valence-electron chi connectivity index (χ4n) is 0.516. The van der Waals surface area contributed by atoms with Crippen molar-refractivity contribution < 1.29 is 14.7 Å². The van der Waals surface area contributed by atoms with Crippen LogP contribution in [-0.4, -0.2) is 25.0 Å². The topological polar surface area (TPSA) is 92.1 Å². The van der Waals surface area contributed by atoms with Crippen molar-refractivity contribution in [3.8, 4) is 0 Å². The van der Waals surface area contributed by atoms with Crippen LogP contribution in [0.4, 0.5) is 0 Å². The molecular formula is C6H11N2O3. The first-order valence-electron chi connectivity index (χ1n) is 3.30. The maximum atomic E-state index is 10.6. The number of carbonyl (C=O) groups excluding carboxylic acids is 2. The minimum atomic E-state index is -0.512. The van der Waals surface area contributed by atoms with Gasteiger partial charge in [0.25, 0.3) is 0 Å². The molecule has 0 aromatic heterocycles. The Balaban J connectivity index is 3.30. The highest BCUT2D eigenvalue weighted by Gasteiger charge is 2.01. The number of carbonyl (C=O) groups is 2. The summed E-state index contributed by atoms with van der Waals surface area (Å²) in [7, 11) is 0. The van der Waals surface area contributed by atoms with Gasteiger partial charge in [0, 0.05) is 19.4 Å². The van der Waals surface area contributed by atoms with E-state index < -0.39 is 5.91 Å². The Labute approximate surface area is 64.6 Å². The van der Waals surface area contributed by atoms with Gasteiger partial charge in [-0.1, -0.05) is 0 Å². The molecule has 0 unspecified atom stereocenters. The summed E-state index contributed by atoms with van der Waals surface area (Å²) in [6.45, 7) is -0.236. The molecule has 0 aromatic rings. The first-order valence-corrected chi connectivity index (χ1v) is 3.30. The number of rotatable bonds is 5. The van der Waals surface area contributed by atoms with Gasteiger partial charge in [-0.05, 0) is 0 Å². The molecule has 0 aliphatic heterocycles. The maximum absolute atomic E-state index is 10.6. The molecule has 3 N–H and O–H groups in total. The third kappa shape index (κ3) is 6.79. The Hall–Kier alpha value is -1.10. The van der Waals surface area contributed by atoms with Crippen molar-refractivity contribution in [1.29, 1.82) is 0 Å². The summed E-state index contributed by atoms with van der Waals surface area (Å²) in [5.41, 5.74) is 4.79. The molecule has 0 rings (SSSR count). The van der Waals surface area contributed by atoms with Crippen molar-refractivity contribution in [2.75, 3.05) is 13.2 Å². The lowest BCUT2D eigenvalue weighted by Gasteiger charge is -1.99. The molecule has 0 aliphatic rings. The van der Waals surface area contributed by atoms with Crippen LogP contribution in [0.1, 0.15) is 12.8 Å². The molecule has 5 heteroatoms. The van der Waals surface area contributed by atoms with E-state index >= 15 is 0 Å². The lowest BCUT2D eigenvalue weighted by atomic mass is 10.3. The van der Waals surface area contributed by atoms with Gasteiger partial charge >= 0.3 is 0 Å². The summed E-state index contributed by atoms with van der Waals surface area (Å²) in [6, 6.07) is 0. The van der Waals surface area contributed by atoms with Crippen LogP contribution in [0, 0.1) is 0 Å². The molecule has 0 heterocycles. The molecule has 0 bridgehead atoms. The number of hydrogen-bond acceptors (Lipinski definition) is 2. The fourth-order valence-corrected chi connectivity index (χ4v) is 0.516. The van der Waals surface area contributed by atoms with Crippen molar-refractivity contribution in [1.82, 2.24) is 5.32 Å². The second kappa shape index (κ2) is 5.67. The second-order valence-electron chi connectivity index (χ2n) is 2.02. The van der Waals surface area contributed by atoms with E-state index in [1.165, 1.54) is 0 Å². The number of hydrogen-bond donors (Lipinski definition) is 2. The third-order valence-electron chi connectivity index (χ3n) is 1.02. The number of amides is 2. The zero-order chi connectivity index (χ0) is 8.69. The summed E-state index contributed by atoms with van der Waals surface area (Å²) in [5, 5.41) is 12.2. The van der Waals surface area contributed by atoms with Crippen LogP contribution in [0.25, 0.3) is 0 Å². The number of nitrogens with two attached hydrogens (primary N) is 1. The lowest BCUT2D eigenvalue weighted by Crippen LogP contribution is -2.27. The van der Waals surface area contributed by atoms with Crippen LogP contribution < -0.4 is 11.1 Å². The van der Waals surface area contributed by atoms with E-state index in [1.54, 1.807) is 0 Å². The van der Waals surface area contributed by atoms with Gasteiger partial charge in [-0.15, -0.1) is 0 Å². The molecule has 0 spiro atoms. The summed E-state index contributed by atoms with van der Waals surface area (Å²) in [6.07, 6.45) is 0.0972. The van der Waals surface area contributed by atoms with Gasteiger partial charge in [-0.25, -0.2) is 5.11 Å². The van der Waals surface area contributed by atoms with Gasteiger partial charge in [0.2, 0.25) is 11.8 Å². The molecule has 0 saturated heterocycles. The van der Waals surface area contributed by atoms with E-state index in [1.807, 2.05) is 0 Å². The fraction of sp³-hybridized carbons (Fsp3) is 0.667. The van der Waals surface area contributed by atoms with Crippen molar-refractivity contribution in [2.24, 2.45) is 5.73 Å². The Bertz CT molecular complexity index is 147. The Morgan fingerprint density at radius 2 is 1.91 bits per heavy atom. The van der Waals surface area contributed by atoms with E-state index in [0.29, 0.717) is 0 Å². The maximum Gasteiger partial charge on any atom is 0.220 e. The highest BCUT2D eigenvalue weighted by atomic mass is 16.3. The standard InChI is InChI=1S/C6H11N2O3/c7-5(10)1-2-6(11)8-3-4-9/h1-4H2,(H2,7,10)(H,8,11). The van der Waals surface area contributed by atoms with Crippen LogP contribution in [0.3, 0.4) is 0 Å². The summed E-state index contributed by atoms with van der Waals surface area (Å²) >= 11 is 0. The van der Waals surface area contributed by atoms with Crippen molar-refractivity contribution in [2.45, 2.75) is 12.8 Å². The molecule has 1 radical (unpaired) electrons. The van der Waals surface area contributed by atoms with Gasteiger partial charge < -0.3 is 11.1 Å². The zero-order valence-electron chi connectivity index (χ0n) is 6.13. The van der Waals surface area contributed by atoms with Gasteiger partial charge in [0.15, 0.2) is 0 Å². The number of nitrogens with one attached hydrogen (secondary N) is 1. The van der Waals surface area contributed by atoms with Crippen molar-refractivity contribution >= 4 is 11.8 Å². The Morgan fingerprint density at radius 3 is 2.36 bits per heavy atom. The lowest BCUT2D eigenvalue weighted by molar-refractivity contribution is -0.125. The van der Waals surface area contributed by atoms with E-state index in [4.69, 9.17) is 5.73 Å². The van der Waals surface area contributed by atoms with Gasteiger partial charge in [-0.2, -0.15) is 0 Å². The summed E-state index contributed by atoms with van der Waals surface area (Å²) < 4.78 is 0. The minimum absolute atomic E-state index is 0.0324. The predicted octanol–water partition coefficient (Wildman–Crippen LogP) is -1.20. The van der Waals surface area contributed by atoms with Crippen molar-refractivity contribution in [3.63, 3.8) is 0 Å². The van der Waals surface area contributed by atoms with Crippen LogP contribution in [0.2, 0.25) is 0 Å². The van der Waals surface area contributed by atoms with E-state index in [-0.39, 0.29) is 31.9 Å². The normalized spacial score (nSPS) is 9.18. The molecule has 63 valence electrons. The van der Waals surface area contributed by atoms with Crippen LogP contribution in [0.15, 0.2) is 0 Å². The Morgan fingerprint density at radius 1 is 1.27 bits per heavy atom. The molecule has 0 saturated carbocycles. The predicted molar refractivity (Wildman–Crippen MR) is 37.0 cm³/mol.